The summed E-state index contributed by atoms with van der Waals surface area (Å²) in [6.45, 7) is 6.51. The van der Waals surface area contributed by atoms with E-state index in [0.29, 0.717) is 13.2 Å². The third-order valence-electron chi connectivity index (χ3n) is 2.88. The second-order valence-electron chi connectivity index (χ2n) is 5.61. The molecule has 0 amide bonds. The number of anilines is 1. The van der Waals surface area contributed by atoms with Crippen molar-refractivity contribution in [1.82, 2.24) is 5.32 Å². The van der Waals surface area contributed by atoms with E-state index in [1.165, 1.54) is 5.56 Å². The van der Waals surface area contributed by atoms with Gasteiger partial charge in [0.05, 0.1) is 12.2 Å². The SMILES string of the molecule is COCCNCc1ccc(Br)cc1N(C)CC(C)(C)O. The fourth-order valence-electron chi connectivity index (χ4n) is 2.10. The molecule has 0 aliphatic carbocycles. The second kappa shape index (κ2) is 7.98. The van der Waals surface area contributed by atoms with Crippen LogP contribution >= 0.6 is 15.9 Å². The van der Waals surface area contributed by atoms with E-state index in [-0.39, 0.29) is 0 Å². The summed E-state index contributed by atoms with van der Waals surface area (Å²) in [4.78, 5) is 2.08. The number of hydrogen-bond acceptors (Lipinski definition) is 4. The van der Waals surface area contributed by atoms with Crippen LogP contribution in [0.15, 0.2) is 22.7 Å². The van der Waals surface area contributed by atoms with Gasteiger partial charge in [0.2, 0.25) is 0 Å². The Hall–Kier alpha value is -0.620. The first-order valence-corrected chi connectivity index (χ1v) is 7.54. The van der Waals surface area contributed by atoms with Crippen molar-refractivity contribution in [3.63, 3.8) is 0 Å². The fraction of sp³-hybridized carbons (Fsp3) is 0.600. The van der Waals surface area contributed by atoms with Crippen molar-refractivity contribution < 1.29 is 9.84 Å². The summed E-state index contributed by atoms with van der Waals surface area (Å²) in [5, 5.41) is 13.3. The predicted molar refractivity (Wildman–Crippen MR) is 87.3 cm³/mol. The fourth-order valence-corrected chi connectivity index (χ4v) is 2.45. The standard InChI is InChI=1S/C15H25BrN2O2/c1-15(2,19)11-18(3)14-9-13(16)6-5-12(14)10-17-7-8-20-4/h5-6,9,17,19H,7-8,10-11H2,1-4H3. The topological polar surface area (TPSA) is 44.7 Å². The number of nitrogens with zero attached hydrogens (tertiary/aromatic N) is 1. The van der Waals surface area contributed by atoms with Crippen LogP contribution in [0.4, 0.5) is 5.69 Å². The van der Waals surface area contributed by atoms with Crippen LogP contribution in [0.5, 0.6) is 0 Å². The van der Waals surface area contributed by atoms with Crippen LogP contribution in [-0.2, 0) is 11.3 Å². The van der Waals surface area contributed by atoms with Gasteiger partial charge in [0.25, 0.3) is 0 Å². The van der Waals surface area contributed by atoms with Crippen LogP contribution in [0, 0.1) is 0 Å². The lowest BCUT2D eigenvalue weighted by Crippen LogP contribution is -2.37. The van der Waals surface area contributed by atoms with Crippen molar-refractivity contribution >= 4 is 21.6 Å². The van der Waals surface area contributed by atoms with Gasteiger partial charge in [-0.2, -0.15) is 0 Å². The largest absolute Gasteiger partial charge is 0.389 e. The number of nitrogens with one attached hydrogen (secondary N) is 1. The van der Waals surface area contributed by atoms with Crippen LogP contribution in [0.1, 0.15) is 19.4 Å². The lowest BCUT2D eigenvalue weighted by atomic mass is 10.1. The summed E-state index contributed by atoms with van der Waals surface area (Å²) in [6.07, 6.45) is 0. The number of aliphatic hydroxyl groups is 1. The maximum atomic E-state index is 9.97. The molecule has 1 aromatic carbocycles. The minimum Gasteiger partial charge on any atom is -0.389 e. The highest BCUT2D eigenvalue weighted by atomic mass is 79.9. The lowest BCUT2D eigenvalue weighted by Gasteiger charge is -2.29. The van der Waals surface area contributed by atoms with Gasteiger partial charge < -0.3 is 20.1 Å². The number of ether oxygens (including phenoxy) is 1. The van der Waals surface area contributed by atoms with Crippen molar-refractivity contribution in [3.05, 3.63) is 28.2 Å². The van der Waals surface area contributed by atoms with Gasteiger partial charge in [0, 0.05) is 44.0 Å². The Morgan fingerprint density at radius 1 is 1.40 bits per heavy atom. The zero-order valence-corrected chi connectivity index (χ0v) is 14.3. The molecule has 0 aliphatic rings. The van der Waals surface area contributed by atoms with E-state index in [9.17, 15) is 5.11 Å². The molecule has 0 spiro atoms. The predicted octanol–water partition coefficient (Wildman–Crippen LogP) is 2.39. The molecule has 0 saturated carbocycles. The molecule has 0 unspecified atom stereocenters. The van der Waals surface area contributed by atoms with E-state index in [2.05, 4.69) is 38.3 Å². The van der Waals surface area contributed by atoms with E-state index in [1.807, 2.05) is 27.0 Å². The van der Waals surface area contributed by atoms with Gasteiger partial charge in [-0.05, 0) is 31.5 Å². The summed E-state index contributed by atoms with van der Waals surface area (Å²) in [5.41, 5.74) is 1.60. The first-order chi connectivity index (χ1) is 9.33. The quantitative estimate of drug-likeness (QED) is 0.710. The monoisotopic (exact) mass is 344 g/mol. The van der Waals surface area contributed by atoms with Crippen LogP contribution in [0.25, 0.3) is 0 Å². The second-order valence-corrected chi connectivity index (χ2v) is 6.53. The molecular weight excluding hydrogens is 320 g/mol. The van der Waals surface area contributed by atoms with E-state index < -0.39 is 5.60 Å². The van der Waals surface area contributed by atoms with E-state index >= 15 is 0 Å². The van der Waals surface area contributed by atoms with Gasteiger partial charge in [-0.3, -0.25) is 0 Å². The first kappa shape index (κ1) is 17.4. The average Bonchev–Trinajstić information content (AvgIpc) is 2.34. The van der Waals surface area contributed by atoms with Gasteiger partial charge in [0.15, 0.2) is 0 Å². The number of rotatable bonds is 8. The molecule has 0 heterocycles. The summed E-state index contributed by atoms with van der Waals surface area (Å²) >= 11 is 3.51. The molecular formula is C15H25BrN2O2. The Bertz CT molecular complexity index is 419. The molecule has 0 atom stereocenters. The van der Waals surface area contributed by atoms with Gasteiger partial charge in [0.1, 0.15) is 0 Å². The molecule has 20 heavy (non-hydrogen) atoms. The third-order valence-corrected chi connectivity index (χ3v) is 3.37. The van der Waals surface area contributed by atoms with Crippen LogP contribution in [-0.4, -0.2) is 44.6 Å². The van der Waals surface area contributed by atoms with Crippen LogP contribution in [0.3, 0.4) is 0 Å². The highest BCUT2D eigenvalue weighted by molar-refractivity contribution is 9.10. The number of benzene rings is 1. The van der Waals surface area contributed by atoms with Crippen LogP contribution < -0.4 is 10.2 Å². The lowest BCUT2D eigenvalue weighted by molar-refractivity contribution is 0.0886. The maximum Gasteiger partial charge on any atom is 0.0765 e. The minimum absolute atomic E-state index is 0.578. The normalized spacial score (nSPS) is 11.7. The molecule has 1 aromatic rings. The highest BCUT2D eigenvalue weighted by Gasteiger charge is 2.17. The zero-order chi connectivity index (χ0) is 15.2. The molecule has 0 aliphatic heterocycles. The van der Waals surface area contributed by atoms with Gasteiger partial charge in [-0.1, -0.05) is 22.0 Å². The van der Waals surface area contributed by atoms with Crippen molar-refractivity contribution in [1.29, 1.82) is 0 Å². The molecule has 114 valence electrons. The van der Waals surface area contributed by atoms with E-state index in [4.69, 9.17) is 4.74 Å². The number of methoxy groups -OCH3 is 1. The van der Waals surface area contributed by atoms with E-state index in [1.54, 1.807) is 7.11 Å². The maximum absolute atomic E-state index is 9.97. The molecule has 0 aromatic heterocycles. The van der Waals surface area contributed by atoms with Crippen molar-refractivity contribution in [2.45, 2.75) is 26.0 Å². The van der Waals surface area contributed by atoms with Crippen molar-refractivity contribution in [2.24, 2.45) is 0 Å². The zero-order valence-electron chi connectivity index (χ0n) is 12.7. The minimum atomic E-state index is -0.724. The number of hydrogen-bond donors (Lipinski definition) is 2. The summed E-state index contributed by atoms with van der Waals surface area (Å²) in [6, 6.07) is 6.22. The summed E-state index contributed by atoms with van der Waals surface area (Å²) in [5.74, 6) is 0. The molecule has 0 bridgehead atoms. The summed E-state index contributed by atoms with van der Waals surface area (Å²) < 4.78 is 6.07. The smallest absolute Gasteiger partial charge is 0.0765 e. The van der Waals surface area contributed by atoms with E-state index in [0.717, 1.165) is 23.2 Å². The van der Waals surface area contributed by atoms with Crippen molar-refractivity contribution in [2.75, 3.05) is 38.8 Å². The molecule has 0 fully saturated rings. The molecule has 5 heteroatoms. The average molecular weight is 345 g/mol. The number of halogens is 1. The first-order valence-electron chi connectivity index (χ1n) is 6.75. The Morgan fingerprint density at radius 3 is 2.70 bits per heavy atom. The van der Waals surface area contributed by atoms with Crippen LogP contribution in [0.2, 0.25) is 0 Å². The Morgan fingerprint density at radius 2 is 2.10 bits per heavy atom. The Labute approximate surface area is 130 Å². The number of likely N-dealkylation sites (N-methyl/N-ethyl adjacent to an activating group) is 1. The van der Waals surface area contributed by atoms with Gasteiger partial charge >= 0.3 is 0 Å². The Kier molecular flexibility index (Phi) is 6.95. The van der Waals surface area contributed by atoms with Gasteiger partial charge in [-0.15, -0.1) is 0 Å². The van der Waals surface area contributed by atoms with Crippen molar-refractivity contribution in [3.8, 4) is 0 Å². The molecule has 4 nitrogen and oxygen atoms in total. The molecule has 0 saturated heterocycles. The Balaban J connectivity index is 2.79. The van der Waals surface area contributed by atoms with Gasteiger partial charge in [-0.25, -0.2) is 0 Å². The molecule has 1 rings (SSSR count). The third kappa shape index (κ3) is 6.22. The summed E-state index contributed by atoms with van der Waals surface area (Å²) in [7, 11) is 3.70. The molecule has 0 radical (unpaired) electrons. The highest BCUT2D eigenvalue weighted by Crippen LogP contribution is 2.25. The molecule has 2 N–H and O–H groups in total.